The van der Waals surface area contributed by atoms with Crippen molar-refractivity contribution in [3.63, 3.8) is 0 Å². The Labute approximate surface area is 119 Å². The molecule has 0 amide bonds. The molecule has 1 unspecified atom stereocenters. The Morgan fingerprint density at radius 3 is 2.55 bits per heavy atom. The molecule has 2 aromatic rings. The monoisotopic (exact) mass is 266 g/mol. The summed E-state index contributed by atoms with van der Waals surface area (Å²) in [6, 6.07) is 17.9. The van der Waals surface area contributed by atoms with Crippen molar-refractivity contribution in [2.45, 2.75) is 25.4 Å². The van der Waals surface area contributed by atoms with Crippen molar-refractivity contribution in [2.24, 2.45) is 0 Å². The Bertz CT molecular complexity index is 583. The molecule has 1 saturated heterocycles. The van der Waals surface area contributed by atoms with E-state index in [1.807, 2.05) is 54.6 Å². The van der Waals surface area contributed by atoms with Crippen LogP contribution in [0.2, 0.25) is 0 Å². The zero-order chi connectivity index (χ0) is 13.8. The lowest BCUT2D eigenvalue weighted by molar-refractivity contribution is 0.0776. The van der Waals surface area contributed by atoms with Gasteiger partial charge in [0.2, 0.25) is 0 Å². The predicted molar refractivity (Wildman–Crippen MR) is 79.8 cm³/mol. The van der Waals surface area contributed by atoms with E-state index >= 15 is 0 Å². The number of carbonyl (C=O) groups is 1. The Morgan fingerprint density at radius 1 is 1.05 bits per heavy atom. The van der Waals surface area contributed by atoms with Gasteiger partial charge in [0, 0.05) is 18.6 Å². The predicted octanol–water partition coefficient (Wildman–Crippen LogP) is 4.11. The van der Waals surface area contributed by atoms with E-state index in [0.29, 0.717) is 6.42 Å². The molecule has 0 radical (unpaired) electrons. The van der Waals surface area contributed by atoms with Crippen molar-refractivity contribution < 1.29 is 9.53 Å². The molecule has 2 heteroatoms. The molecule has 3 rings (SSSR count). The third-order valence-corrected chi connectivity index (χ3v) is 3.75. The topological polar surface area (TPSA) is 26.3 Å². The summed E-state index contributed by atoms with van der Waals surface area (Å²) in [5.74, 6) is 0.177. The van der Waals surface area contributed by atoms with Crippen LogP contribution in [0.15, 0.2) is 54.6 Å². The second-order valence-electron chi connectivity index (χ2n) is 5.17. The van der Waals surface area contributed by atoms with E-state index in [1.165, 1.54) is 0 Å². The van der Waals surface area contributed by atoms with E-state index < -0.39 is 0 Å². The van der Waals surface area contributed by atoms with Gasteiger partial charge in [-0.05, 0) is 24.0 Å². The quantitative estimate of drug-likeness (QED) is 0.779. The molecule has 2 aromatic carbocycles. The molecule has 1 fully saturated rings. The largest absolute Gasteiger partial charge is 0.378 e. The minimum Gasteiger partial charge on any atom is -0.378 e. The standard InChI is InChI=1S/C18H18O2/c19-18(13-15-9-6-12-20-15)17-11-5-4-10-16(17)14-7-2-1-3-8-14/h1-5,7-8,10-11,15H,6,9,12-13H2. The minimum atomic E-state index is 0.103. The van der Waals surface area contributed by atoms with Gasteiger partial charge in [-0.1, -0.05) is 54.6 Å². The van der Waals surface area contributed by atoms with Gasteiger partial charge in [-0.15, -0.1) is 0 Å². The lowest BCUT2D eigenvalue weighted by atomic mass is 9.94. The maximum atomic E-state index is 12.5. The Kier molecular flexibility index (Phi) is 3.93. The Hall–Kier alpha value is -1.93. The summed E-state index contributed by atoms with van der Waals surface area (Å²) in [6.45, 7) is 0.790. The van der Waals surface area contributed by atoms with Crippen LogP contribution in [0.4, 0.5) is 0 Å². The SMILES string of the molecule is O=C(CC1CCCO1)c1ccccc1-c1ccccc1. The first kappa shape index (κ1) is 13.1. The third kappa shape index (κ3) is 2.81. The smallest absolute Gasteiger partial charge is 0.166 e. The van der Waals surface area contributed by atoms with Crippen molar-refractivity contribution in [1.82, 2.24) is 0 Å². The summed E-state index contributed by atoms with van der Waals surface area (Å²) in [6.07, 6.45) is 2.66. The summed E-state index contributed by atoms with van der Waals surface area (Å²) in [5, 5.41) is 0. The van der Waals surface area contributed by atoms with Gasteiger partial charge in [0.15, 0.2) is 5.78 Å². The van der Waals surface area contributed by atoms with Crippen molar-refractivity contribution in [3.05, 3.63) is 60.2 Å². The number of rotatable bonds is 4. The van der Waals surface area contributed by atoms with Crippen LogP contribution in [0, 0.1) is 0 Å². The Morgan fingerprint density at radius 2 is 1.80 bits per heavy atom. The fourth-order valence-electron chi connectivity index (χ4n) is 2.72. The van der Waals surface area contributed by atoms with Gasteiger partial charge in [-0.3, -0.25) is 4.79 Å². The lowest BCUT2D eigenvalue weighted by Gasteiger charge is -2.12. The van der Waals surface area contributed by atoms with Crippen LogP contribution >= 0.6 is 0 Å². The normalized spacial score (nSPS) is 18.1. The highest BCUT2D eigenvalue weighted by atomic mass is 16.5. The van der Waals surface area contributed by atoms with E-state index in [2.05, 4.69) is 0 Å². The zero-order valence-electron chi connectivity index (χ0n) is 11.4. The molecule has 0 saturated carbocycles. The van der Waals surface area contributed by atoms with Crippen LogP contribution in [-0.2, 0) is 4.74 Å². The van der Waals surface area contributed by atoms with Crippen molar-refractivity contribution in [3.8, 4) is 11.1 Å². The summed E-state index contributed by atoms with van der Waals surface area (Å²) in [5.41, 5.74) is 2.90. The van der Waals surface area contributed by atoms with Gasteiger partial charge in [0.1, 0.15) is 0 Å². The number of ketones is 1. The summed E-state index contributed by atoms with van der Waals surface area (Å²) < 4.78 is 5.57. The molecule has 1 aliphatic heterocycles. The molecule has 0 bridgehead atoms. The second-order valence-corrected chi connectivity index (χ2v) is 5.17. The first-order chi connectivity index (χ1) is 9.84. The third-order valence-electron chi connectivity index (χ3n) is 3.75. The first-order valence-corrected chi connectivity index (χ1v) is 7.14. The van der Waals surface area contributed by atoms with Crippen molar-refractivity contribution >= 4 is 5.78 Å². The average molecular weight is 266 g/mol. The number of carbonyl (C=O) groups excluding carboxylic acids is 1. The van der Waals surface area contributed by atoms with Crippen molar-refractivity contribution in [2.75, 3.05) is 6.61 Å². The molecule has 0 spiro atoms. The molecule has 102 valence electrons. The Balaban J connectivity index is 1.87. The van der Waals surface area contributed by atoms with Gasteiger partial charge in [-0.25, -0.2) is 0 Å². The number of Topliss-reactive ketones (excluding diaryl/α,β-unsaturated/α-hetero) is 1. The molecule has 1 aliphatic rings. The second kappa shape index (κ2) is 6.02. The van der Waals surface area contributed by atoms with E-state index in [9.17, 15) is 4.79 Å². The summed E-state index contributed by atoms with van der Waals surface area (Å²) in [4.78, 5) is 12.5. The van der Waals surface area contributed by atoms with Gasteiger partial charge in [0.05, 0.1) is 6.10 Å². The molecular formula is C18H18O2. The van der Waals surface area contributed by atoms with Crippen LogP contribution < -0.4 is 0 Å². The number of hydrogen-bond acceptors (Lipinski definition) is 2. The molecule has 1 atom stereocenters. The number of hydrogen-bond donors (Lipinski definition) is 0. The molecule has 0 aromatic heterocycles. The number of ether oxygens (including phenoxy) is 1. The summed E-state index contributed by atoms with van der Waals surface area (Å²) in [7, 11) is 0. The molecule has 0 aliphatic carbocycles. The highest BCUT2D eigenvalue weighted by Gasteiger charge is 2.21. The fourth-order valence-corrected chi connectivity index (χ4v) is 2.72. The maximum Gasteiger partial charge on any atom is 0.166 e. The average Bonchev–Trinajstić information content (AvgIpc) is 3.01. The lowest BCUT2D eigenvalue weighted by Crippen LogP contribution is -2.13. The fraction of sp³-hybridized carbons (Fsp3) is 0.278. The molecule has 0 N–H and O–H groups in total. The van der Waals surface area contributed by atoms with Crippen LogP contribution in [0.1, 0.15) is 29.6 Å². The van der Waals surface area contributed by atoms with Crippen LogP contribution in [0.3, 0.4) is 0 Å². The van der Waals surface area contributed by atoms with Crippen LogP contribution in [0.25, 0.3) is 11.1 Å². The van der Waals surface area contributed by atoms with Gasteiger partial charge in [-0.2, -0.15) is 0 Å². The van der Waals surface area contributed by atoms with E-state index in [0.717, 1.165) is 36.1 Å². The highest BCUT2D eigenvalue weighted by molar-refractivity contribution is 6.02. The van der Waals surface area contributed by atoms with Crippen LogP contribution in [-0.4, -0.2) is 18.5 Å². The van der Waals surface area contributed by atoms with E-state index in [4.69, 9.17) is 4.74 Å². The van der Waals surface area contributed by atoms with E-state index in [1.54, 1.807) is 0 Å². The highest BCUT2D eigenvalue weighted by Crippen LogP contribution is 2.26. The minimum absolute atomic E-state index is 0.103. The van der Waals surface area contributed by atoms with Gasteiger partial charge < -0.3 is 4.74 Å². The zero-order valence-corrected chi connectivity index (χ0v) is 11.4. The first-order valence-electron chi connectivity index (χ1n) is 7.14. The molecule has 20 heavy (non-hydrogen) atoms. The molecular weight excluding hydrogens is 248 g/mol. The van der Waals surface area contributed by atoms with Crippen LogP contribution in [0.5, 0.6) is 0 Å². The van der Waals surface area contributed by atoms with Gasteiger partial charge >= 0.3 is 0 Å². The maximum absolute atomic E-state index is 12.5. The summed E-state index contributed by atoms with van der Waals surface area (Å²) >= 11 is 0. The molecule has 2 nitrogen and oxygen atoms in total. The van der Waals surface area contributed by atoms with Gasteiger partial charge in [0.25, 0.3) is 0 Å². The van der Waals surface area contributed by atoms with E-state index in [-0.39, 0.29) is 11.9 Å². The van der Waals surface area contributed by atoms with Crippen molar-refractivity contribution in [1.29, 1.82) is 0 Å². The number of benzene rings is 2. The molecule has 1 heterocycles.